The number of pyridine rings is 1. The number of aryl methyl sites for hydroxylation is 1. The van der Waals surface area contributed by atoms with Crippen LogP contribution in [-0.4, -0.2) is 20.8 Å². The standard InChI is InChI=1S/C10H7ClN4O3S/c1-5-2-7(11)6(3-12-5)9(16)14-10-13-4-8(19-10)15(17)18/h2-4H,1H3,(H,13,14,16). The summed E-state index contributed by atoms with van der Waals surface area (Å²) < 4.78 is 0. The van der Waals surface area contributed by atoms with Gasteiger partial charge in [-0.1, -0.05) is 11.6 Å². The largest absolute Gasteiger partial charge is 0.345 e. The summed E-state index contributed by atoms with van der Waals surface area (Å²) >= 11 is 6.69. The fourth-order valence-corrected chi connectivity index (χ4v) is 2.19. The third kappa shape index (κ3) is 3.04. The van der Waals surface area contributed by atoms with Crippen LogP contribution in [0.4, 0.5) is 10.1 Å². The first-order valence-corrected chi connectivity index (χ1v) is 6.20. The van der Waals surface area contributed by atoms with Crippen molar-refractivity contribution in [2.45, 2.75) is 6.92 Å². The number of amides is 1. The van der Waals surface area contributed by atoms with Crippen LogP contribution in [0.15, 0.2) is 18.5 Å². The molecule has 0 fully saturated rings. The van der Waals surface area contributed by atoms with Crippen LogP contribution in [0.2, 0.25) is 5.02 Å². The van der Waals surface area contributed by atoms with E-state index in [9.17, 15) is 14.9 Å². The molecule has 0 aliphatic rings. The van der Waals surface area contributed by atoms with Gasteiger partial charge in [0, 0.05) is 11.9 Å². The molecule has 19 heavy (non-hydrogen) atoms. The first-order valence-electron chi connectivity index (χ1n) is 5.01. The summed E-state index contributed by atoms with van der Waals surface area (Å²) in [6.45, 7) is 1.75. The van der Waals surface area contributed by atoms with Crippen LogP contribution in [0, 0.1) is 17.0 Å². The molecule has 0 atom stereocenters. The Balaban J connectivity index is 2.18. The minimum absolute atomic E-state index is 0.133. The van der Waals surface area contributed by atoms with Gasteiger partial charge in [-0.2, -0.15) is 0 Å². The van der Waals surface area contributed by atoms with E-state index in [4.69, 9.17) is 11.6 Å². The van der Waals surface area contributed by atoms with Gasteiger partial charge in [0.1, 0.15) is 6.20 Å². The summed E-state index contributed by atoms with van der Waals surface area (Å²) in [5.74, 6) is -0.512. The van der Waals surface area contributed by atoms with Gasteiger partial charge in [0.05, 0.1) is 15.5 Å². The molecule has 0 unspecified atom stereocenters. The van der Waals surface area contributed by atoms with E-state index in [0.29, 0.717) is 5.69 Å². The van der Waals surface area contributed by atoms with Gasteiger partial charge in [-0.25, -0.2) is 4.98 Å². The Morgan fingerprint density at radius 3 is 2.79 bits per heavy atom. The molecule has 0 saturated carbocycles. The molecule has 2 aromatic rings. The number of halogens is 1. The molecule has 2 heterocycles. The van der Waals surface area contributed by atoms with E-state index in [2.05, 4.69) is 15.3 Å². The molecule has 1 amide bonds. The van der Waals surface area contributed by atoms with Crippen molar-refractivity contribution in [2.24, 2.45) is 0 Å². The van der Waals surface area contributed by atoms with Crippen molar-refractivity contribution in [3.63, 3.8) is 0 Å². The SMILES string of the molecule is Cc1cc(Cl)c(C(=O)Nc2ncc([N+](=O)[O-])s2)cn1. The van der Waals surface area contributed by atoms with Crippen molar-refractivity contribution < 1.29 is 9.72 Å². The first-order chi connectivity index (χ1) is 8.97. The summed E-state index contributed by atoms with van der Waals surface area (Å²) in [6.07, 6.45) is 2.42. The molecule has 2 aromatic heterocycles. The van der Waals surface area contributed by atoms with Gasteiger partial charge in [0.2, 0.25) is 0 Å². The smallest absolute Gasteiger partial charge is 0.298 e. The zero-order chi connectivity index (χ0) is 14.0. The fraction of sp³-hybridized carbons (Fsp3) is 0.100. The molecule has 7 nitrogen and oxygen atoms in total. The average Bonchev–Trinajstić information content (AvgIpc) is 2.77. The quantitative estimate of drug-likeness (QED) is 0.694. The van der Waals surface area contributed by atoms with Crippen molar-refractivity contribution in [2.75, 3.05) is 5.32 Å². The normalized spacial score (nSPS) is 10.2. The number of aromatic nitrogens is 2. The number of carbonyl (C=O) groups excluding carboxylic acids is 1. The molecular weight excluding hydrogens is 292 g/mol. The molecule has 0 saturated heterocycles. The summed E-state index contributed by atoms with van der Waals surface area (Å²) in [7, 11) is 0. The maximum atomic E-state index is 11.9. The molecule has 9 heteroatoms. The summed E-state index contributed by atoms with van der Waals surface area (Å²) in [4.78, 5) is 29.5. The Kier molecular flexibility index (Phi) is 3.72. The van der Waals surface area contributed by atoms with Gasteiger partial charge in [-0.3, -0.25) is 25.2 Å². The van der Waals surface area contributed by atoms with Crippen molar-refractivity contribution in [1.82, 2.24) is 9.97 Å². The highest BCUT2D eigenvalue weighted by atomic mass is 35.5. The number of hydrogen-bond donors (Lipinski definition) is 1. The average molecular weight is 299 g/mol. The Morgan fingerprint density at radius 1 is 1.47 bits per heavy atom. The topological polar surface area (TPSA) is 98.0 Å². The fourth-order valence-electron chi connectivity index (χ4n) is 1.27. The predicted octanol–water partition coefficient (Wildman–Crippen LogP) is 2.66. The van der Waals surface area contributed by atoms with Gasteiger partial charge in [0.25, 0.3) is 5.91 Å². The van der Waals surface area contributed by atoms with E-state index in [1.165, 1.54) is 6.20 Å². The van der Waals surface area contributed by atoms with Crippen LogP contribution in [-0.2, 0) is 0 Å². The highest BCUT2D eigenvalue weighted by molar-refractivity contribution is 7.18. The number of rotatable bonds is 3. The van der Waals surface area contributed by atoms with E-state index in [-0.39, 0.29) is 20.7 Å². The molecule has 0 aliphatic carbocycles. The number of carbonyl (C=O) groups is 1. The Hall–Kier alpha value is -2.06. The van der Waals surface area contributed by atoms with Crippen LogP contribution in [0.5, 0.6) is 0 Å². The second-order valence-corrected chi connectivity index (χ2v) is 4.94. The maximum absolute atomic E-state index is 11.9. The zero-order valence-corrected chi connectivity index (χ0v) is 11.2. The van der Waals surface area contributed by atoms with Crippen LogP contribution in [0.3, 0.4) is 0 Å². The van der Waals surface area contributed by atoms with Crippen molar-refractivity contribution >= 4 is 39.0 Å². The van der Waals surface area contributed by atoms with Gasteiger partial charge in [0.15, 0.2) is 5.13 Å². The Morgan fingerprint density at radius 2 is 2.21 bits per heavy atom. The number of hydrogen-bond acceptors (Lipinski definition) is 6. The lowest BCUT2D eigenvalue weighted by Gasteiger charge is -2.03. The molecule has 0 bridgehead atoms. The molecule has 0 aliphatic heterocycles. The lowest BCUT2D eigenvalue weighted by molar-refractivity contribution is -0.380. The number of nitrogens with one attached hydrogen (secondary N) is 1. The van der Waals surface area contributed by atoms with Crippen LogP contribution in [0.25, 0.3) is 0 Å². The Labute approximate surface area is 116 Å². The second kappa shape index (κ2) is 5.29. The maximum Gasteiger partial charge on any atom is 0.345 e. The second-order valence-electron chi connectivity index (χ2n) is 3.52. The number of thiazole rings is 1. The number of nitrogens with zero attached hydrogens (tertiary/aromatic N) is 3. The minimum atomic E-state index is -0.576. The molecular formula is C10H7ClN4O3S. The van der Waals surface area contributed by atoms with Crippen LogP contribution in [0.1, 0.15) is 16.1 Å². The van der Waals surface area contributed by atoms with Gasteiger partial charge in [-0.05, 0) is 24.3 Å². The lowest BCUT2D eigenvalue weighted by atomic mass is 10.2. The molecule has 2 rings (SSSR count). The first kappa shape index (κ1) is 13.4. The molecule has 1 N–H and O–H groups in total. The van der Waals surface area contributed by atoms with Gasteiger partial charge in [-0.15, -0.1) is 0 Å². The number of anilines is 1. The monoisotopic (exact) mass is 298 g/mol. The van der Waals surface area contributed by atoms with Gasteiger partial charge >= 0.3 is 5.00 Å². The molecule has 0 spiro atoms. The van der Waals surface area contributed by atoms with Crippen molar-refractivity contribution in [3.05, 3.63) is 44.9 Å². The van der Waals surface area contributed by atoms with E-state index in [0.717, 1.165) is 17.5 Å². The molecule has 0 aromatic carbocycles. The van der Waals surface area contributed by atoms with Crippen LogP contribution < -0.4 is 5.32 Å². The number of nitro groups is 1. The highest BCUT2D eigenvalue weighted by Gasteiger charge is 2.16. The third-order valence-corrected chi connectivity index (χ3v) is 3.31. The molecule has 98 valence electrons. The third-order valence-electron chi connectivity index (χ3n) is 2.13. The summed E-state index contributed by atoms with van der Waals surface area (Å²) in [5.41, 5.74) is 0.872. The van der Waals surface area contributed by atoms with E-state index in [1.54, 1.807) is 13.0 Å². The zero-order valence-electron chi connectivity index (χ0n) is 9.58. The lowest BCUT2D eigenvalue weighted by Crippen LogP contribution is -2.12. The minimum Gasteiger partial charge on any atom is -0.298 e. The molecule has 0 radical (unpaired) electrons. The van der Waals surface area contributed by atoms with E-state index >= 15 is 0 Å². The Bertz CT molecular complexity index is 658. The van der Waals surface area contributed by atoms with Crippen molar-refractivity contribution in [1.29, 1.82) is 0 Å². The predicted molar refractivity (Wildman–Crippen MR) is 70.7 cm³/mol. The van der Waals surface area contributed by atoms with E-state index < -0.39 is 10.8 Å². The van der Waals surface area contributed by atoms with Crippen LogP contribution >= 0.6 is 22.9 Å². The van der Waals surface area contributed by atoms with Crippen molar-refractivity contribution in [3.8, 4) is 0 Å². The summed E-state index contributed by atoms with van der Waals surface area (Å²) in [6, 6.07) is 1.56. The summed E-state index contributed by atoms with van der Waals surface area (Å²) in [5, 5.41) is 13.2. The van der Waals surface area contributed by atoms with Gasteiger partial charge < -0.3 is 0 Å². The highest BCUT2D eigenvalue weighted by Crippen LogP contribution is 2.26. The van der Waals surface area contributed by atoms with E-state index in [1.807, 2.05) is 0 Å².